The summed E-state index contributed by atoms with van der Waals surface area (Å²) in [6.07, 6.45) is 3.15. The molecule has 1 aliphatic heterocycles. The van der Waals surface area contributed by atoms with Crippen LogP contribution in [0.5, 0.6) is 0 Å². The molecular formula is C11H21N3O2. The third-order valence-electron chi connectivity index (χ3n) is 2.64. The SMILES string of the molecule is CN(C)CCCCNC(=O)C1CCC(=O)N1. The van der Waals surface area contributed by atoms with Crippen molar-refractivity contribution in [2.75, 3.05) is 27.2 Å². The van der Waals surface area contributed by atoms with E-state index in [2.05, 4.69) is 15.5 Å². The molecule has 1 saturated heterocycles. The fourth-order valence-electron chi connectivity index (χ4n) is 1.70. The second-order valence-electron chi connectivity index (χ2n) is 4.46. The molecule has 5 nitrogen and oxygen atoms in total. The second-order valence-corrected chi connectivity index (χ2v) is 4.46. The predicted octanol–water partition coefficient (Wildman–Crippen LogP) is -0.277. The highest BCUT2D eigenvalue weighted by Crippen LogP contribution is 2.06. The third-order valence-corrected chi connectivity index (χ3v) is 2.64. The van der Waals surface area contributed by atoms with Gasteiger partial charge in [0.1, 0.15) is 6.04 Å². The van der Waals surface area contributed by atoms with Crippen LogP contribution in [0.1, 0.15) is 25.7 Å². The summed E-state index contributed by atoms with van der Waals surface area (Å²) in [6.45, 7) is 1.73. The third kappa shape index (κ3) is 4.61. The fraction of sp³-hybridized carbons (Fsp3) is 0.818. The number of rotatable bonds is 6. The maximum atomic E-state index is 11.6. The Hall–Kier alpha value is -1.10. The van der Waals surface area contributed by atoms with E-state index in [1.807, 2.05) is 14.1 Å². The Kier molecular flexibility index (Phi) is 5.25. The molecule has 1 unspecified atom stereocenters. The number of carbonyl (C=O) groups excluding carboxylic acids is 2. The lowest BCUT2D eigenvalue weighted by Gasteiger charge is -2.12. The van der Waals surface area contributed by atoms with E-state index in [1.54, 1.807) is 0 Å². The van der Waals surface area contributed by atoms with E-state index < -0.39 is 0 Å². The van der Waals surface area contributed by atoms with Crippen molar-refractivity contribution in [3.63, 3.8) is 0 Å². The van der Waals surface area contributed by atoms with Crippen molar-refractivity contribution in [2.24, 2.45) is 0 Å². The second kappa shape index (κ2) is 6.48. The molecule has 1 atom stereocenters. The van der Waals surface area contributed by atoms with Gasteiger partial charge in [-0.1, -0.05) is 0 Å². The summed E-state index contributed by atoms with van der Waals surface area (Å²) >= 11 is 0. The summed E-state index contributed by atoms with van der Waals surface area (Å²) in [5.74, 6) is -0.0662. The van der Waals surface area contributed by atoms with Crippen molar-refractivity contribution < 1.29 is 9.59 Å². The van der Waals surface area contributed by atoms with E-state index in [0.717, 1.165) is 19.4 Å². The van der Waals surface area contributed by atoms with E-state index in [4.69, 9.17) is 0 Å². The Morgan fingerprint density at radius 1 is 1.50 bits per heavy atom. The fourth-order valence-corrected chi connectivity index (χ4v) is 1.70. The maximum absolute atomic E-state index is 11.6. The summed E-state index contributed by atoms with van der Waals surface area (Å²) in [4.78, 5) is 24.6. The molecule has 0 aliphatic carbocycles. The van der Waals surface area contributed by atoms with Gasteiger partial charge in [0.05, 0.1) is 0 Å². The van der Waals surface area contributed by atoms with Crippen LogP contribution in [0.2, 0.25) is 0 Å². The van der Waals surface area contributed by atoms with Crippen LogP contribution in [-0.4, -0.2) is 49.9 Å². The van der Waals surface area contributed by atoms with Crippen molar-refractivity contribution in [2.45, 2.75) is 31.7 Å². The van der Waals surface area contributed by atoms with Gasteiger partial charge in [-0.05, 0) is 39.9 Å². The van der Waals surface area contributed by atoms with Crippen LogP contribution in [0, 0.1) is 0 Å². The van der Waals surface area contributed by atoms with E-state index in [0.29, 0.717) is 19.4 Å². The first-order chi connectivity index (χ1) is 7.59. The summed E-state index contributed by atoms with van der Waals surface area (Å²) < 4.78 is 0. The van der Waals surface area contributed by atoms with Gasteiger partial charge in [0, 0.05) is 13.0 Å². The number of nitrogens with zero attached hydrogens (tertiary/aromatic N) is 1. The average Bonchev–Trinajstić information content (AvgIpc) is 2.63. The number of unbranched alkanes of at least 4 members (excludes halogenated alkanes) is 1. The van der Waals surface area contributed by atoms with Crippen molar-refractivity contribution in [1.82, 2.24) is 15.5 Å². The van der Waals surface area contributed by atoms with E-state index in [9.17, 15) is 9.59 Å². The molecule has 1 rings (SSSR count). The largest absolute Gasteiger partial charge is 0.354 e. The van der Waals surface area contributed by atoms with Crippen molar-refractivity contribution >= 4 is 11.8 Å². The van der Waals surface area contributed by atoms with E-state index in [1.165, 1.54) is 0 Å². The van der Waals surface area contributed by atoms with Crippen molar-refractivity contribution in [3.05, 3.63) is 0 Å². The molecule has 1 heterocycles. The monoisotopic (exact) mass is 227 g/mol. The lowest BCUT2D eigenvalue weighted by atomic mass is 10.2. The first-order valence-electron chi connectivity index (χ1n) is 5.81. The minimum absolute atomic E-state index is 0.0206. The molecule has 5 heteroatoms. The first-order valence-corrected chi connectivity index (χ1v) is 5.81. The number of hydrogen-bond donors (Lipinski definition) is 2. The smallest absolute Gasteiger partial charge is 0.242 e. The van der Waals surface area contributed by atoms with Crippen LogP contribution in [0.4, 0.5) is 0 Å². The Morgan fingerprint density at radius 3 is 2.81 bits per heavy atom. The summed E-state index contributed by atoms with van der Waals surface area (Å²) in [6, 6.07) is -0.304. The topological polar surface area (TPSA) is 61.4 Å². The first kappa shape index (κ1) is 13.0. The van der Waals surface area contributed by atoms with Crippen LogP contribution < -0.4 is 10.6 Å². The number of carbonyl (C=O) groups is 2. The molecule has 16 heavy (non-hydrogen) atoms. The van der Waals surface area contributed by atoms with Crippen LogP contribution >= 0.6 is 0 Å². The van der Waals surface area contributed by atoms with Gasteiger partial charge in [-0.25, -0.2) is 0 Å². The standard InChI is InChI=1S/C11H21N3O2/c1-14(2)8-4-3-7-12-11(16)9-5-6-10(15)13-9/h9H,3-8H2,1-2H3,(H,12,16)(H,13,15). The van der Waals surface area contributed by atoms with Crippen molar-refractivity contribution in [3.8, 4) is 0 Å². The lowest BCUT2D eigenvalue weighted by Crippen LogP contribution is -2.41. The highest BCUT2D eigenvalue weighted by atomic mass is 16.2. The molecule has 0 aromatic heterocycles. The molecule has 92 valence electrons. The predicted molar refractivity (Wildman–Crippen MR) is 62.0 cm³/mol. The highest BCUT2D eigenvalue weighted by Gasteiger charge is 2.26. The molecule has 0 saturated carbocycles. The zero-order chi connectivity index (χ0) is 12.0. The Bertz CT molecular complexity index is 254. The summed E-state index contributed by atoms with van der Waals surface area (Å²) in [7, 11) is 4.07. The normalized spacial score (nSPS) is 19.9. The molecule has 0 aromatic carbocycles. The Balaban J connectivity index is 2.04. The van der Waals surface area contributed by atoms with Gasteiger partial charge in [-0.2, -0.15) is 0 Å². The van der Waals surface area contributed by atoms with Gasteiger partial charge in [-0.3, -0.25) is 9.59 Å². The lowest BCUT2D eigenvalue weighted by molar-refractivity contribution is -0.125. The Labute approximate surface area is 96.6 Å². The van der Waals surface area contributed by atoms with Crippen molar-refractivity contribution in [1.29, 1.82) is 0 Å². The zero-order valence-electron chi connectivity index (χ0n) is 10.1. The quantitative estimate of drug-likeness (QED) is 0.614. The molecule has 1 aliphatic rings. The minimum Gasteiger partial charge on any atom is -0.354 e. The number of amides is 2. The van der Waals surface area contributed by atoms with E-state index >= 15 is 0 Å². The van der Waals surface area contributed by atoms with Gasteiger partial charge < -0.3 is 15.5 Å². The zero-order valence-corrected chi connectivity index (χ0v) is 10.1. The molecule has 2 amide bonds. The van der Waals surface area contributed by atoms with E-state index in [-0.39, 0.29) is 17.9 Å². The number of hydrogen-bond acceptors (Lipinski definition) is 3. The summed E-state index contributed by atoms with van der Waals surface area (Å²) in [5.41, 5.74) is 0. The van der Waals surface area contributed by atoms with Gasteiger partial charge in [0.15, 0.2) is 0 Å². The van der Waals surface area contributed by atoms with Gasteiger partial charge >= 0.3 is 0 Å². The maximum Gasteiger partial charge on any atom is 0.242 e. The van der Waals surface area contributed by atoms with Gasteiger partial charge in [0.2, 0.25) is 11.8 Å². The highest BCUT2D eigenvalue weighted by molar-refractivity contribution is 5.90. The van der Waals surface area contributed by atoms with Gasteiger partial charge in [-0.15, -0.1) is 0 Å². The van der Waals surface area contributed by atoms with Crippen LogP contribution in [0.25, 0.3) is 0 Å². The molecule has 1 fully saturated rings. The molecule has 0 bridgehead atoms. The molecule has 0 aromatic rings. The molecule has 2 N–H and O–H groups in total. The van der Waals surface area contributed by atoms with Gasteiger partial charge in [0.25, 0.3) is 0 Å². The van der Waals surface area contributed by atoms with Crippen LogP contribution in [-0.2, 0) is 9.59 Å². The Morgan fingerprint density at radius 2 is 2.25 bits per heavy atom. The summed E-state index contributed by atoms with van der Waals surface area (Å²) in [5, 5.41) is 5.50. The number of nitrogens with one attached hydrogen (secondary N) is 2. The molecule has 0 radical (unpaired) electrons. The van der Waals surface area contributed by atoms with Crippen LogP contribution in [0.3, 0.4) is 0 Å². The molecule has 0 spiro atoms. The molecular weight excluding hydrogens is 206 g/mol. The van der Waals surface area contributed by atoms with Crippen LogP contribution in [0.15, 0.2) is 0 Å². The minimum atomic E-state index is -0.304. The average molecular weight is 227 g/mol.